The Kier molecular flexibility index (Phi) is 7.45. The molecule has 0 aromatic rings. The van der Waals surface area contributed by atoms with Crippen molar-refractivity contribution in [2.75, 3.05) is 6.61 Å². The van der Waals surface area contributed by atoms with E-state index in [4.69, 9.17) is 4.74 Å². The Balaban J connectivity index is 3.79. The molecule has 0 amide bonds. The first-order valence-electron chi connectivity index (χ1n) is 6.17. The van der Waals surface area contributed by atoms with Gasteiger partial charge >= 0.3 is 5.97 Å². The second kappa shape index (κ2) is 7.72. The molecule has 0 fully saturated rings. The molecule has 0 N–H and O–H groups in total. The first kappa shape index (κ1) is 14.5. The number of hydrogen-bond donors (Lipinski definition) is 0. The monoisotopic (exact) mass is 214 g/mol. The first-order chi connectivity index (χ1) is 7.00. The van der Waals surface area contributed by atoms with Gasteiger partial charge in [0.25, 0.3) is 0 Å². The number of ether oxygens (including phenoxy) is 1. The molecule has 0 spiro atoms. The molecule has 2 atom stereocenters. The van der Waals surface area contributed by atoms with Gasteiger partial charge in [-0.2, -0.15) is 0 Å². The van der Waals surface area contributed by atoms with Crippen LogP contribution in [0.2, 0.25) is 0 Å². The van der Waals surface area contributed by atoms with E-state index in [9.17, 15) is 4.79 Å². The second-order valence-corrected chi connectivity index (χ2v) is 4.77. The lowest BCUT2D eigenvalue weighted by Gasteiger charge is -2.21. The molecule has 0 saturated heterocycles. The van der Waals surface area contributed by atoms with Gasteiger partial charge in [0, 0.05) is 0 Å². The van der Waals surface area contributed by atoms with Crippen molar-refractivity contribution in [1.82, 2.24) is 0 Å². The van der Waals surface area contributed by atoms with Crippen molar-refractivity contribution in [2.24, 2.45) is 17.8 Å². The largest absolute Gasteiger partial charge is 0.465 e. The number of carbonyl (C=O) groups excluding carboxylic acids is 1. The highest BCUT2D eigenvalue weighted by Crippen LogP contribution is 2.21. The molecule has 0 aliphatic rings. The van der Waals surface area contributed by atoms with Crippen molar-refractivity contribution in [2.45, 2.75) is 53.9 Å². The Hall–Kier alpha value is -0.530. The van der Waals surface area contributed by atoms with E-state index in [1.54, 1.807) is 0 Å². The van der Waals surface area contributed by atoms with E-state index in [2.05, 4.69) is 27.7 Å². The van der Waals surface area contributed by atoms with Crippen LogP contribution < -0.4 is 0 Å². The Labute approximate surface area is 94.4 Å². The summed E-state index contributed by atoms with van der Waals surface area (Å²) in [4.78, 5) is 11.6. The summed E-state index contributed by atoms with van der Waals surface area (Å²) < 4.78 is 5.24. The first-order valence-corrected chi connectivity index (χ1v) is 6.17. The molecule has 0 aliphatic heterocycles. The predicted molar refractivity (Wildman–Crippen MR) is 63.7 cm³/mol. The molecule has 0 aromatic heterocycles. The smallest absolute Gasteiger partial charge is 0.308 e. The SMILES string of the molecule is CCCCCOC(=O)C(C)C(C)C(C)C. The zero-order valence-corrected chi connectivity index (χ0v) is 10.9. The predicted octanol–water partition coefficient (Wildman–Crippen LogP) is 3.65. The van der Waals surface area contributed by atoms with Crippen LogP contribution in [0.1, 0.15) is 53.9 Å². The van der Waals surface area contributed by atoms with Crippen molar-refractivity contribution in [3.8, 4) is 0 Å². The highest BCUT2D eigenvalue weighted by atomic mass is 16.5. The van der Waals surface area contributed by atoms with Crippen LogP contribution in [0.3, 0.4) is 0 Å². The third-order valence-corrected chi connectivity index (χ3v) is 3.20. The van der Waals surface area contributed by atoms with E-state index in [-0.39, 0.29) is 11.9 Å². The molecule has 2 nitrogen and oxygen atoms in total. The summed E-state index contributed by atoms with van der Waals surface area (Å²) in [5, 5.41) is 0. The van der Waals surface area contributed by atoms with Crippen LogP contribution in [0.15, 0.2) is 0 Å². The van der Waals surface area contributed by atoms with Gasteiger partial charge in [-0.05, 0) is 18.3 Å². The Bertz CT molecular complexity index is 175. The minimum absolute atomic E-state index is 0.0200. The van der Waals surface area contributed by atoms with E-state index in [1.807, 2.05) is 6.92 Å². The minimum Gasteiger partial charge on any atom is -0.465 e. The minimum atomic E-state index is -0.0349. The molecule has 0 rings (SSSR count). The van der Waals surface area contributed by atoms with E-state index >= 15 is 0 Å². The molecule has 15 heavy (non-hydrogen) atoms. The van der Waals surface area contributed by atoms with Gasteiger partial charge in [0.15, 0.2) is 0 Å². The average Bonchev–Trinajstić information content (AvgIpc) is 2.21. The summed E-state index contributed by atoms with van der Waals surface area (Å²) in [7, 11) is 0. The maximum Gasteiger partial charge on any atom is 0.308 e. The molecule has 0 heterocycles. The normalized spacial score (nSPS) is 15.1. The van der Waals surface area contributed by atoms with Gasteiger partial charge in [0.2, 0.25) is 0 Å². The van der Waals surface area contributed by atoms with Crippen molar-refractivity contribution < 1.29 is 9.53 Å². The van der Waals surface area contributed by atoms with E-state index in [0.717, 1.165) is 19.3 Å². The summed E-state index contributed by atoms with van der Waals surface area (Å²) in [5.41, 5.74) is 0. The second-order valence-electron chi connectivity index (χ2n) is 4.77. The quantitative estimate of drug-likeness (QED) is 0.477. The zero-order chi connectivity index (χ0) is 11.8. The van der Waals surface area contributed by atoms with Gasteiger partial charge in [0.1, 0.15) is 0 Å². The summed E-state index contributed by atoms with van der Waals surface area (Å²) in [6.07, 6.45) is 3.29. The average molecular weight is 214 g/mol. The standard InChI is InChI=1S/C13H26O2/c1-6-7-8-9-15-13(14)12(5)11(4)10(2)3/h10-12H,6-9H2,1-5H3. The van der Waals surface area contributed by atoms with Crippen LogP contribution >= 0.6 is 0 Å². The van der Waals surface area contributed by atoms with Crippen LogP contribution in [-0.2, 0) is 9.53 Å². The summed E-state index contributed by atoms with van der Waals surface area (Å²) in [6, 6.07) is 0. The Morgan fingerprint density at radius 1 is 1.13 bits per heavy atom. The highest BCUT2D eigenvalue weighted by molar-refractivity contribution is 5.72. The molecule has 0 bridgehead atoms. The number of rotatable bonds is 7. The van der Waals surface area contributed by atoms with E-state index < -0.39 is 0 Å². The molecule has 2 unspecified atom stereocenters. The lowest BCUT2D eigenvalue weighted by Crippen LogP contribution is -2.25. The van der Waals surface area contributed by atoms with Gasteiger partial charge in [-0.1, -0.05) is 47.5 Å². The van der Waals surface area contributed by atoms with Gasteiger partial charge in [-0.3, -0.25) is 4.79 Å². The fourth-order valence-electron chi connectivity index (χ4n) is 1.45. The summed E-state index contributed by atoms with van der Waals surface area (Å²) in [6.45, 7) is 11.1. The highest BCUT2D eigenvalue weighted by Gasteiger charge is 2.23. The maximum absolute atomic E-state index is 11.6. The lowest BCUT2D eigenvalue weighted by molar-refractivity contribution is -0.150. The lowest BCUT2D eigenvalue weighted by atomic mass is 9.86. The molecule has 0 aliphatic carbocycles. The van der Waals surface area contributed by atoms with Crippen molar-refractivity contribution in [1.29, 1.82) is 0 Å². The van der Waals surface area contributed by atoms with Gasteiger partial charge < -0.3 is 4.74 Å². The van der Waals surface area contributed by atoms with Crippen LogP contribution in [-0.4, -0.2) is 12.6 Å². The molecular weight excluding hydrogens is 188 g/mol. The van der Waals surface area contributed by atoms with E-state index in [0.29, 0.717) is 18.4 Å². The molecule has 0 radical (unpaired) electrons. The Morgan fingerprint density at radius 2 is 1.73 bits per heavy atom. The Morgan fingerprint density at radius 3 is 2.20 bits per heavy atom. The third-order valence-electron chi connectivity index (χ3n) is 3.20. The molecule has 0 aromatic carbocycles. The van der Waals surface area contributed by atoms with Gasteiger partial charge in [-0.15, -0.1) is 0 Å². The number of carbonyl (C=O) groups is 1. The van der Waals surface area contributed by atoms with Crippen LogP contribution in [0, 0.1) is 17.8 Å². The third kappa shape index (κ3) is 5.81. The summed E-state index contributed by atoms with van der Waals surface area (Å²) in [5.74, 6) is 0.908. The number of esters is 1. The van der Waals surface area contributed by atoms with Crippen LogP contribution in [0.25, 0.3) is 0 Å². The fourth-order valence-corrected chi connectivity index (χ4v) is 1.45. The van der Waals surface area contributed by atoms with Gasteiger partial charge in [0.05, 0.1) is 12.5 Å². The number of hydrogen-bond acceptors (Lipinski definition) is 2. The van der Waals surface area contributed by atoms with Crippen molar-refractivity contribution in [3.63, 3.8) is 0 Å². The van der Waals surface area contributed by atoms with Gasteiger partial charge in [-0.25, -0.2) is 0 Å². The molecular formula is C13H26O2. The summed E-state index contributed by atoms with van der Waals surface area (Å²) >= 11 is 0. The zero-order valence-electron chi connectivity index (χ0n) is 10.9. The molecule has 0 saturated carbocycles. The maximum atomic E-state index is 11.6. The van der Waals surface area contributed by atoms with Crippen LogP contribution in [0.5, 0.6) is 0 Å². The molecule has 90 valence electrons. The number of unbranched alkanes of at least 4 members (excludes halogenated alkanes) is 2. The van der Waals surface area contributed by atoms with Crippen LogP contribution in [0.4, 0.5) is 0 Å². The van der Waals surface area contributed by atoms with Crippen molar-refractivity contribution >= 4 is 5.97 Å². The fraction of sp³-hybridized carbons (Fsp3) is 0.923. The van der Waals surface area contributed by atoms with E-state index in [1.165, 1.54) is 0 Å². The molecule has 2 heteroatoms. The topological polar surface area (TPSA) is 26.3 Å². The van der Waals surface area contributed by atoms with Crippen molar-refractivity contribution in [3.05, 3.63) is 0 Å².